The van der Waals surface area contributed by atoms with Gasteiger partial charge >= 0.3 is 0 Å². The number of para-hydroxylation sites is 2. The average molecular weight is 347 g/mol. The molecule has 0 radical (unpaired) electrons. The molecule has 0 bridgehead atoms. The van der Waals surface area contributed by atoms with Crippen LogP contribution in [0.25, 0.3) is 17.1 Å². The first-order valence-corrected chi connectivity index (χ1v) is 8.58. The van der Waals surface area contributed by atoms with Gasteiger partial charge in [-0.15, -0.1) is 0 Å². The molecule has 1 aromatic heterocycles. The first-order valence-electron chi connectivity index (χ1n) is 8.58. The van der Waals surface area contributed by atoms with Gasteiger partial charge < -0.3 is 5.32 Å². The van der Waals surface area contributed by atoms with Gasteiger partial charge in [0.1, 0.15) is 5.82 Å². The van der Waals surface area contributed by atoms with Crippen molar-refractivity contribution in [1.29, 1.82) is 0 Å². The van der Waals surface area contributed by atoms with E-state index in [1.807, 2.05) is 24.3 Å². The summed E-state index contributed by atoms with van der Waals surface area (Å²) in [5.74, 6) is -0.415. The fraction of sp³-hybridized carbons (Fsp3) is 0.190. The molecular weight excluding hydrogens is 329 g/mol. The summed E-state index contributed by atoms with van der Waals surface area (Å²) in [5, 5.41) is 2.94. The number of aromatic nitrogens is 2. The number of amides is 1. The fourth-order valence-electron chi connectivity index (χ4n) is 3.05. The Bertz CT molecular complexity index is 978. The quantitative estimate of drug-likeness (QED) is 0.717. The summed E-state index contributed by atoms with van der Waals surface area (Å²) in [6, 6.07) is 14.1. The molecule has 1 amide bonds. The van der Waals surface area contributed by atoms with Crippen LogP contribution in [0.15, 0.2) is 60.8 Å². The summed E-state index contributed by atoms with van der Waals surface area (Å²) in [6.07, 6.45) is 6.77. The van der Waals surface area contributed by atoms with Crippen molar-refractivity contribution >= 4 is 23.0 Å². The maximum absolute atomic E-state index is 13.1. The Morgan fingerprint density at radius 3 is 2.58 bits per heavy atom. The normalized spacial score (nSPS) is 15.3. The van der Waals surface area contributed by atoms with Crippen LogP contribution in [-0.4, -0.2) is 22.4 Å². The Morgan fingerprint density at radius 2 is 1.85 bits per heavy atom. The lowest BCUT2D eigenvalue weighted by atomic mass is 9.96. The van der Waals surface area contributed by atoms with Crippen molar-refractivity contribution < 1.29 is 9.18 Å². The zero-order valence-electron chi connectivity index (χ0n) is 14.2. The van der Waals surface area contributed by atoms with Crippen LogP contribution in [0.2, 0.25) is 0 Å². The summed E-state index contributed by atoms with van der Waals surface area (Å²) in [6.45, 7) is 0.547. The average Bonchev–Trinajstić information content (AvgIpc) is 3.46. The number of halogens is 1. The fourth-order valence-corrected chi connectivity index (χ4v) is 3.05. The van der Waals surface area contributed by atoms with Crippen LogP contribution < -0.4 is 5.32 Å². The second kappa shape index (κ2) is 6.67. The van der Waals surface area contributed by atoms with E-state index < -0.39 is 0 Å². The lowest BCUT2D eigenvalue weighted by Crippen LogP contribution is -2.31. The van der Waals surface area contributed by atoms with E-state index >= 15 is 0 Å². The van der Waals surface area contributed by atoms with Crippen LogP contribution in [0.3, 0.4) is 0 Å². The van der Waals surface area contributed by atoms with E-state index in [0.29, 0.717) is 12.2 Å². The summed E-state index contributed by atoms with van der Waals surface area (Å²) in [7, 11) is 0. The first-order chi connectivity index (χ1) is 12.6. The van der Waals surface area contributed by atoms with E-state index in [2.05, 4.69) is 15.3 Å². The van der Waals surface area contributed by atoms with Crippen molar-refractivity contribution in [2.75, 3.05) is 6.54 Å². The minimum Gasteiger partial charge on any atom is -0.352 e. The van der Waals surface area contributed by atoms with Crippen LogP contribution in [0.5, 0.6) is 0 Å². The number of hydrogen-bond donors (Lipinski definition) is 1. The van der Waals surface area contributed by atoms with Crippen molar-refractivity contribution in [3.63, 3.8) is 0 Å². The molecule has 1 fully saturated rings. The van der Waals surface area contributed by atoms with Crippen LogP contribution in [0, 0.1) is 5.82 Å². The number of carbonyl (C=O) groups excluding carboxylic acids is 1. The molecule has 2 aromatic carbocycles. The Kier molecular flexibility index (Phi) is 4.21. The highest BCUT2D eigenvalue weighted by atomic mass is 19.1. The van der Waals surface area contributed by atoms with Gasteiger partial charge in [-0.1, -0.05) is 24.3 Å². The van der Waals surface area contributed by atoms with E-state index in [1.165, 1.54) is 18.2 Å². The lowest BCUT2D eigenvalue weighted by Gasteiger charge is -2.15. The monoisotopic (exact) mass is 347 g/mol. The van der Waals surface area contributed by atoms with E-state index in [-0.39, 0.29) is 17.1 Å². The number of carbonyl (C=O) groups is 1. The number of nitrogens with zero attached hydrogens (tertiary/aromatic N) is 2. The van der Waals surface area contributed by atoms with Crippen LogP contribution in [0.4, 0.5) is 4.39 Å². The third kappa shape index (κ3) is 3.47. The van der Waals surface area contributed by atoms with Gasteiger partial charge in [0, 0.05) is 18.0 Å². The molecule has 26 heavy (non-hydrogen) atoms. The number of benzene rings is 2. The minimum atomic E-state index is -0.243. The van der Waals surface area contributed by atoms with E-state index in [1.54, 1.807) is 24.4 Å². The maximum atomic E-state index is 13.1. The molecule has 4 nitrogen and oxygen atoms in total. The van der Waals surface area contributed by atoms with Gasteiger partial charge in [-0.05, 0) is 48.7 Å². The molecule has 1 saturated carbocycles. The number of fused-ring (bicyclic) bond motifs is 1. The van der Waals surface area contributed by atoms with Gasteiger partial charge in [-0.2, -0.15) is 0 Å². The first kappa shape index (κ1) is 16.4. The van der Waals surface area contributed by atoms with E-state index in [0.717, 1.165) is 29.4 Å². The standard InChI is InChI=1S/C21H18FN3O/c22-16-7-5-15(6-8-16)21(11-12-21)14-24-20(26)10-9-17-13-23-18-3-1-2-4-19(18)25-17/h1-10,13H,11-12,14H2,(H,24,26)/b10-9+. The predicted octanol–water partition coefficient (Wildman–Crippen LogP) is 3.63. The molecule has 0 spiro atoms. The van der Waals surface area contributed by atoms with Crippen LogP contribution in [-0.2, 0) is 10.2 Å². The number of nitrogens with one attached hydrogen (secondary N) is 1. The molecule has 1 heterocycles. The Labute approximate surface area is 150 Å². The highest BCUT2D eigenvalue weighted by molar-refractivity contribution is 5.91. The zero-order chi connectivity index (χ0) is 18.0. The Morgan fingerprint density at radius 1 is 1.12 bits per heavy atom. The molecule has 0 saturated heterocycles. The second-order valence-electron chi connectivity index (χ2n) is 6.62. The molecule has 3 aromatic rings. The smallest absolute Gasteiger partial charge is 0.244 e. The van der Waals surface area contributed by atoms with Crippen molar-refractivity contribution in [1.82, 2.24) is 15.3 Å². The summed E-state index contributed by atoms with van der Waals surface area (Å²) < 4.78 is 13.1. The minimum absolute atomic E-state index is 0.0556. The van der Waals surface area contributed by atoms with E-state index in [9.17, 15) is 9.18 Å². The van der Waals surface area contributed by atoms with Gasteiger partial charge in [0.25, 0.3) is 0 Å². The van der Waals surface area contributed by atoms with Gasteiger partial charge in [0.05, 0.1) is 22.9 Å². The van der Waals surface area contributed by atoms with Crippen molar-refractivity contribution in [2.45, 2.75) is 18.3 Å². The highest BCUT2D eigenvalue weighted by Crippen LogP contribution is 2.47. The summed E-state index contributed by atoms with van der Waals surface area (Å²) in [4.78, 5) is 20.9. The summed E-state index contributed by atoms with van der Waals surface area (Å²) >= 11 is 0. The van der Waals surface area contributed by atoms with Gasteiger partial charge in [0.15, 0.2) is 0 Å². The largest absolute Gasteiger partial charge is 0.352 e. The lowest BCUT2D eigenvalue weighted by molar-refractivity contribution is -0.116. The number of rotatable bonds is 5. The van der Waals surface area contributed by atoms with Crippen molar-refractivity contribution in [2.24, 2.45) is 0 Å². The molecule has 130 valence electrons. The molecule has 1 aliphatic carbocycles. The highest BCUT2D eigenvalue weighted by Gasteiger charge is 2.44. The van der Waals surface area contributed by atoms with E-state index in [4.69, 9.17) is 0 Å². The van der Waals surface area contributed by atoms with Crippen LogP contribution in [0.1, 0.15) is 24.1 Å². The van der Waals surface area contributed by atoms with Gasteiger partial charge in [0.2, 0.25) is 5.91 Å². The molecule has 5 heteroatoms. The zero-order valence-corrected chi connectivity index (χ0v) is 14.2. The SMILES string of the molecule is O=C(/C=C/c1cnc2ccccc2n1)NCC1(c2ccc(F)cc2)CC1. The Balaban J connectivity index is 1.39. The van der Waals surface area contributed by atoms with Crippen molar-refractivity contribution in [3.05, 3.63) is 77.9 Å². The molecule has 1 N–H and O–H groups in total. The molecule has 0 unspecified atom stereocenters. The molecule has 0 atom stereocenters. The maximum Gasteiger partial charge on any atom is 0.244 e. The van der Waals surface area contributed by atoms with Crippen molar-refractivity contribution in [3.8, 4) is 0 Å². The molecule has 1 aliphatic rings. The second-order valence-corrected chi connectivity index (χ2v) is 6.62. The summed E-state index contributed by atoms with van der Waals surface area (Å²) in [5.41, 5.74) is 3.27. The third-order valence-electron chi connectivity index (χ3n) is 4.78. The topological polar surface area (TPSA) is 54.9 Å². The molecular formula is C21H18FN3O. The Hall–Kier alpha value is -3.08. The predicted molar refractivity (Wildman–Crippen MR) is 98.9 cm³/mol. The van der Waals surface area contributed by atoms with Gasteiger partial charge in [-0.3, -0.25) is 9.78 Å². The molecule has 4 rings (SSSR count). The number of hydrogen-bond acceptors (Lipinski definition) is 3. The third-order valence-corrected chi connectivity index (χ3v) is 4.78. The molecule has 0 aliphatic heterocycles. The van der Waals surface area contributed by atoms with Gasteiger partial charge in [-0.25, -0.2) is 9.37 Å². The van der Waals surface area contributed by atoms with Crippen LogP contribution >= 0.6 is 0 Å².